The number of nitrogens with zero attached hydrogens (tertiary/aromatic N) is 1. The lowest BCUT2D eigenvalue weighted by atomic mass is 10.0. The van der Waals surface area contributed by atoms with E-state index in [1.54, 1.807) is 19.1 Å². The molecule has 0 atom stereocenters. The van der Waals surface area contributed by atoms with Gasteiger partial charge >= 0.3 is 5.97 Å². The molecule has 0 radical (unpaired) electrons. The number of halogens is 1. The van der Waals surface area contributed by atoms with Crippen molar-refractivity contribution in [3.05, 3.63) is 76.1 Å². The standard InChI is InChI=1S/C24H25ClN2O3S/c1-3-27(14-17-8-6-5-7-9-17)15-21(28)26-23-22(24(29)30-4-2)20(16-31-23)18-10-12-19(25)13-11-18/h5-13,16H,3-4,14-15H2,1-2H3,(H,26,28). The number of amides is 1. The van der Waals surface area contributed by atoms with E-state index in [-0.39, 0.29) is 19.1 Å². The van der Waals surface area contributed by atoms with E-state index >= 15 is 0 Å². The highest BCUT2D eigenvalue weighted by molar-refractivity contribution is 7.15. The highest BCUT2D eigenvalue weighted by atomic mass is 35.5. The average molecular weight is 457 g/mol. The van der Waals surface area contributed by atoms with Gasteiger partial charge in [0.1, 0.15) is 10.6 Å². The van der Waals surface area contributed by atoms with Gasteiger partial charge < -0.3 is 10.1 Å². The SMILES string of the molecule is CCOC(=O)c1c(-c2ccc(Cl)cc2)csc1NC(=O)CN(CC)Cc1ccccc1. The first-order chi connectivity index (χ1) is 15.0. The molecular weight excluding hydrogens is 432 g/mol. The van der Waals surface area contributed by atoms with Crippen LogP contribution in [0.25, 0.3) is 11.1 Å². The maximum Gasteiger partial charge on any atom is 0.341 e. The fourth-order valence-electron chi connectivity index (χ4n) is 3.19. The Morgan fingerprint density at radius 1 is 1.06 bits per heavy atom. The van der Waals surface area contributed by atoms with Crippen LogP contribution in [0.4, 0.5) is 5.00 Å². The van der Waals surface area contributed by atoms with E-state index in [0.717, 1.165) is 17.7 Å². The first kappa shape index (κ1) is 23.0. The molecule has 3 aromatic rings. The summed E-state index contributed by atoms with van der Waals surface area (Å²) in [5, 5.41) is 5.87. The number of rotatable bonds is 9. The summed E-state index contributed by atoms with van der Waals surface area (Å²) in [5.41, 5.74) is 3.06. The van der Waals surface area contributed by atoms with E-state index in [1.165, 1.54) is 11.3 Å². The van der Waals surface area contributed by atoms with Crippen LogP contribution in [-0.4, -0.2) is 36.5 Å². The summed E-state index contributed by atoms with van der Waals surface area (Å²) in [4.78, 5) is 27.5. The van der Waals surface area contributed by atoms with Crippen molar-refractivity contribution in [3.63, 3.8) is 0 Å². The second kappa shape index (κ2) is 11.1. The normalized spacial score (nSPS) is 10.8. The van der Waals surface area contributed by atoms with Gasteiger partial charge in [-0.3, -0.25) is 9.69 Å². The summed E-state index contributed by atoms with van der Waals surface area (Å²) >= 11 is 7.31. The lowest BCUT2D eigenvalue weighted by Gasteiger charge is -2.20. The van der Waals surface area contributed by atoms with Crippen molar-refractivity contribution >= 4 is 39.8 Å². The molecule has 0 spiro atoms. The molecule has 1 N–H and O–H groups in total. The highest BCUT2D eigenvalue weighted by Gasteiger charge is 2.23. The molecule has 3 rings (SSSR count). The van der Waals surface area contributed by atoms with Crippen molar-refractivity contribution in [2.24, 2.45) is 0 Å². The maximum absolute atomic E-state index is 12.8. The fourth-order valence-corrected chi connectivity index (χ4v) is 4.29. The Morgan fingerprint density at radius 2 is 1.77 bits per heavy atom. The minimum Gasteiger partial charge on any atom is -0.462 e. The van der Waals surface area contributed by atoms with Gasteiger partial charge in [-0.25, -0.2) is 4.79 Å². The van der Waals surface area contributed by atoms with E-state index in [4.69, 9.17) is 16.3 Å². The van der Waals surface area contributed by atoms with Gasteiger partial charge in [-0.05, 0) is 36.7 Å². The predicted molar refractivity (Wildman–Crippen MR) is 127 cm³/mol. The third kappa shape index (κ3) is 6.17. The number of anilines is 1. The Labute approximate surface area is 191 Å². The van der Waals surface area contributed by atoms with Crippen molar-refractivity contribution in [3.8, 4) is 11.1 Å². The largest absolute Gasteiger partial charge is 0.462 e. The number of hydrogen-bond acceptors (Lipinski definition) is 5. The molecule has 0 aliphatic heterocycles. The fraction of sp³-hybridized carbons (Fsp3) is 0.250. The minimum atomic E-state index is -0.458. The number of thiophene rings is 1. The van der Waals surface area contributed by atoms with Gasteiger partial charge in [0.25, 0.3) is 0 Å². The van der Waals surface area contributed by atoms with E-state index in [0.29, 0.717) is 27.7 Å². The number of hydrogen-bond donors (Lipinski definition) is 1. The van der Waals surface area contributed by atoms with Crippen molar-refractivity contribution in [2.75, 3.05) is 25.0 Å². The summed E-state index contributed by atoms with van der Waals surface area (Å²) in [7, 11) is 0. The molecule has 7 heteroatoms. The van der Waals surface area contributed by atoms with Crippen LogP contribution in [0.15, 0.2) is 60.0 Å². The first-order valence-corrected chi connectivity index (χ1v) is 11.4. The van der Waals surface area contributed by atoms with E-state index in [2.05, 4.69) is 5.32 Å². The molecule has 0 aliphatic carbocycles. The summed E-state index contributed by atoms with van der Waals surface area (Å²) in [6.45, 7) is 5.66. The quantitative estimate of drug-likeness (QED) is 0.419. The topological polar surface area (TPSA) is 58.6 Å². The van der Waals surface area contributed by atoms with Gasteiger partial charge in [-0.15, -0.1) is 11.3 Å². The van der Waals surface area contributed by atoms with Gasteiger partial charge in [0.2, 0.25) is 5.91 Å². The summed E-state index contributed by atoms with van der Waals surface area (Å²) < 4.78 is 5.26. The summed E-state index contributed by atoms with van der Waals surface area (Å²) in [6.07, 6.45) is 0. The number of carbonyl (C=O) groups is 2. The summed E-state index contributed by atoms with van der Waals surface area (Å²) in [5.74, 6) is -0.631. The first-order valence-electron chi connectivity index (χ1n) is 10.1. The van der Waals surface area contributed by atoms with Gasteiger partial charge in [-0.1, -0.05) is 61.0 Å². The van der Waals surface area contributed by atoms with Gasteiger partial charge in [0, 0.05) is 22.5 Å². The Bertz CT molecular complexity index is 1020. The molecule has 31 heavy (non-hydrogen) atoms. The Morgan fingerprint density at radius 3 is 2.42 bits per heavy atom. The molecule has 1 heterocycles. The van der Waals surface area contributed by atoms with Crippen molar-refractivity contribution < 1.29 is 14.3 Å². The third-order valence-corrected chi connectivity index (χ3v) is 5.89. The van der Waals surface area contributed by atoms with E-state index in [1.807, 2.05) is 59.7 Å². The number of benzene rings is 2. The highest BCUT2D eigenvalue weighted by Crippen LogP contribution is 2.36. The van der Waals surface area contributed by atoms with Crippen LogP contribution in [-0.2, 0) is 16.1 Å². The van der Waals surface area contributed by atoms with Gasteiger partial charge in [0.15, 0.2) is 0 Å². The number of nitrogens with one attached hydrogen (secondary N) is 1. The molecule has 1 aromatic heterocycles. The lowest BCUT2D eigenvalue weighted by molar-refractivity contribution is -0.117. The molecule has 0 unspecified atom stereocenters. The van der Waals surface area contributed by atoms with Crippen molar-refractivity contribution in [2.45, 2.75) is 20.4 Å². The molecule has 0 fully saturated rings. The molecule has 5 nitrogen and oxygen atoms in total. The zero-order chi connectivity index (χ0) is 22.2. The average Bonchev–Trinajstić information content (AvgIpc) is 3.18. The van der Waals surface area contributed by atoms with Crippen LogP contribution in [0, 0.1) is 0 Å². The van der Waals surface area contributed by atoms with Crippen LogP contribution < -0.4 is 5.32 Å². The van der Waals surface area contributed by atoms with Crippen LogP contribution in [0.1, 0.15) is 29.8 Å². The van der Waals surface area contributed by atoms with Crippen molar-refractivity contribution in [1.29, 1.82) is 0 Å². The molecule has 0 saturated heterocycles. The molecule has 0 saturated carbocycles. The second-order valence-electron chi connectivity index (χ2n) is 6.92. The van der Waals surface area contributed by atoms with Gasteiger partial charge in [-0.2, -0.15) is 0 Å². The summed E-state index contributed by atoms with van der Waals surface area (Å²) in [6, 6.07) is 17.2. The van der Waals surface area contributed by atoms with Crippen LogP contribution in [0.3, 0.4) is 0 Å². The Hall–Kier alpha value is -2.67. The predicted octanol–water partition coefficient (Wildman–Crippen LogP) is 5.71. The molecule has 2 aromatic carbocycles. The van der Waals surface area contributed by atoms with Crippen molar-refractivity contribution in [1.82, 2.24) is 4.90 Å². The van der Waals surface area contributed by atoms with E-state index in [9.17, 15) is 9.59 Å². The van der Waals surface area contributed by atoms with Gasteiger partial charge in [0.05, 0.1) is 13.2 Å². The van der Waals surface area contributed by atoms with Crippen LogP contribution in [0.2, 0.25) is 5.02 Å². The number of ether oxygens (including phenoxy) is 1. The second-order valence-corrected chi connectivity index (χ2v) is 8.23. The van der Waals surface area contributed by atoms with Crippen LogP contribution >= 0.6 is 22.9 Å². The molecule has 1 amide bonds. The smallest absolute Gasteiger partial charge is 0.341 e. The molecule has 162 valence electrons. The van der Waals surface area contributed by atoms with Crippen LogP contribution in [0.5, 0.6) is 0 Å². The molecule has 0 bridgehead atoms. The Kier molecular flexibility index (Phi) is 8.23. The lowest BCUT2D eigenvalue weighted by Crippen LogP contribution is -2.32. The zero-order valence-corrected chi connectivity index (χ0v) is 19.1. The number of esters is 1. The Balaban J connectivity index is 1.78. The third-order valence-electron chi connectivity index (χ3n) is 4.74. The monoisotopic (exact) mass is 456 g/mol. The number of carbonyl (C=O) groups excluding carboxylic acids is 2. The zero-order valence-electron chi connectivity index (χ0n) is 17.6. The molecular formula is C24H25ClN2O3S. The molecule has 0 aliphatic rings. The minimum absolute atomic E-state index is 0.173. The maximum atomic E-state index is 12.8. The number of likely N-dealkylation sites (N-methyl/N-ethyl adjacent to an activating group) is 1. The van der Waals surface area contributed by atoms with E-state index < -0.39 is 5.97 Å².